The molecule has 0 aliphatic heterocycles. The Morgan fingerprint density at radius 3 is 1.88 bits per heavy atom. The Hall–Kier alpha value is -2.80. The molecule has 0 unspecified atom stereocenters. The van der Waals surface area contributed by atoms with Gasteiger partial charge in [-0.05, 0) is 57.9 Å². The van der Waals surface area contributed by atoms with Crippen molar-refractivity contribution in [1.82, 2.24) is 21.0 Å². The molecule has 0 aromatic heterocycles. The number of rotatable bonds is 26. The number of hydrogen-bond donors (Lipinski definition) is 3. The van der Waals surface area contributed by atoms with Gasteiger partial charge in [0.25, 0.3) is 0 Å². The van der Waals surface area contributed by atoms with Crippen LogP contribution >= 0.6 is 15.2 Å². The summed E-state index contributed by atoms with van der Waals surface area (Å²) in [6.45, 7) is 14.7. The van der Waals surface area contributed by atoms with Crippen molar-refractivity contribution in [2.45, 2.75) is 105 Å². The van der Waals surface area contributed by atoms with Crippen LogP contribution in [0, 0.1) is 11.8 Å². The van der Waals surface area contributed by atoms with Crippen molar-refractivity contribution in [3.63, 3.8) is 0 Å². The molecule has 51 heavy (non-hydrogen) atoms. The summed E-state index contributed by atoms with van der Waals surface area (Å²) < 4.78 is 54.4. The van der Waals surface area contributed by atoms with Crippen molar-refractivity contribution < 1.29 is 46.3 Å². The van der Waals surface area contributed by atoms with Gasteiger partial charge in [0.15, 0.2) is 0 Å². The molecule has 1 aromatic carbocycles. The van der Waals surface area contributed by atoms with E-state index >= 15 is 0 Å². The molecular weight excluding hydrogens is 700 g/mol. The molecule has 15 nitrogen and oxygen atoms in total. The number of hydrogen-bond acceptors (Lipinski definition) is 12. The largest absolute Gasteiger partial charge is 0.445 e. The Morgan fingerprint density at radius 1 is 0.843 bits per heavy atom. The van der Waals surface area contributed by atoms with Crippen LogP contribution in [0.15, 0.2) is 35.4 Å². The summed E-state index contributed by atoms with van der Waals surface area (Å²) in [5.41, 5.74) is -0.810. The van der Waals surface area contributed by atoms with E-state index in [1.54, 1.807) is 46.0 Å². The Bertz CT molecular complexity index is 1250. The summed E-state index contributed by atoms with van der Waals surface area (Å²) in [6.07, 6.45) is 2.51. The number of nitrogens with one attached hydrogen (secondary N) is 3. The van der Waals surface area contributed by atoms with Gasteiger partial charge in [0, 0.05) is 26.2 Å². The summed E-state index contributed by atoms with van der Waals surface area (Å²) >= 11 is 0. The van der Waals surface area contributed by atoms with E-state index in [1.807, 2.05) is 58.0 Å². The highest BCUT2D eigenvalue weighted by atomic mass is 31.2. The van der Waals surface area contributed by atoms with Crippen molar-refractivity contribution >= 4 is 39.3 Å². The van der Waals surface area contributed by atoms with E-state index in [0.29, 0.717) is 25.8 Å². The number of carbonyl (C=O) groups is 3. The van der Waals surface area contributed by atoms with E-state index in [2.05, 4.69) is 21.1 Å². The highest BCUT2D eigenvalue weighted by Gasteiger charge is 2.52. The van der Waals surface area contributed by atoms with E-state index in [4.69, 9.17) is 22.8 Å². The highest BCUT2D eigenvalue weighted by Crippen LogP contribution is 2.69. The van der Waals surface area contributed by atoms with Crippen LogP contribution in [0.1, 0.15) is 86.6 Å². The van der Waals surface area contributed by atoms with Gasteiger partial charge < -0.3 is 43.8 Å². The predicted octanol–water partition coefficient (Wildman–Crippen LogP) is 6.49. The molecule has 0 saturated carbocycles. The maximum absolute atomic E-state index is 13.7. The summed E-state index contributed by atoms with van der Waals surface area (Å²) in [7, 11) is -6.56. The van der Waals surface area contributed by atoms with Gasteiger partial charge in [-0.2, -0.15) is 5.10 Å². The summed E-state index contributed by atoms with van der Waals surface area (Å²) in [5.74, 6) is -0.832. The van der Waals surface area contributed by atoms with Gasteiger partial charge in [-0.15, -0.1) is 0 Å². The predicted molar refractivity (Wildman–Crippen MR) is 198 cm³/mol. The van der Waals surface area contributed by atoms with E-state index in [1.165, 1.54) is 0 Å². The Morgan fingerprint density at radius 2 is 1.39 bits per heavy atom. The maximum Gasteiger partial charge on any atom is 0.408 e. The molecular formula is C34H61N5O10P2. The lowest BCUT2D eigenvalue weighted by Gasteiger charge is -2.31. The van der Waals surface area contributed by atoms with Crippen molar-refractivity contribution in [2.75, 3.05) is 40.0 Å². The monoisotopic (exact) mass is 761 g/mol. The lowest BCUT2D eigenvalue weighted by Crippen LogP contribution is -2.53. The molecule has 0 aliphatic rings. The van der Waals surface area contributed by atoms with Gasteiger partial charge in [-0.3, -0.25) is 18.7 Å². The van der Waals surface area contributed by atoms with Gasteiger partial charge in [-0.1, -0.05) is 64.4 Å². The van der Waals surface area contributed by atoms with Gasteiger partial charge in [-0.25, -0.2) is 4.79 Å². The van der Waals surface area contributed by atoms with E-state index in [-0.39, 0.29) is 57.2 Å². The number of carbonyl (C=O) groups excluding carboxylic acids is 3. The molecule has 0 aliphatic carbocycles. The molecule has 0 spiro atoms. The number of hydrazone groups is 1. The molecule has 292 valence electrons. The van der Waals surface area contributed by atoms with Crippen molar-refractivity contribution in [3.05, 3.63) is 35.9 Å². The quantitative estimate of drug-likeness (QED) is 0.0533. The number of nitrogens with zero attached hydrogens (tertiary/aromatic N) is 2. The van der Waals surface area contributed by atoms with Gasteiger partial charge >= 0.3 is 21.3 Å². The summed E-state index contributed by atoms with van der Waals surface area (Å²) in [6, 6.07) is 8.03. The third kappa shape index (κ3) is 17.1. The van der Waals surface area contributed by atoms with Crippen LogP contribution in [0.3, 0.4) is 0 Å². The second-order valence-electron chi connectivity index (χ2n) is 12.3. The number of amides is 3. The highest BCUT2D eigenvalue weighted by molar-refractivity contribution is 7.72. The molecule has 3 atom stereocenters. The van der Waals surface area contributed by atoms with E-state index < -0.39 is 44.8 Å². The lowest BCUT2D eigenvalue weighted by molar-refractivity contribution is -0.124. The Kier molecular flexibility index (Phi) is 22.2. The molecule has 0 radical (unpaired) electrons. The smallest absolute Gasteiger partial charge is 0.408 e. The molecule has 17 heteroatoms. The lowest BCUT2D eigenvalue weighted by atomic mass is 9.97. The van der Waals surface area contributed by atoms with Crippen LogP contribution in [0.25, 0.3) is 0 Å². The molecule has 0 heterocycles. The van der Waals surface area contributed by atoms with Crippen LogP contribution in [0.2, 0.25) is 0 Å². The first-order valence-corrected chi connectivity index (χ1v) is 21.0. The first-order valence-electron chi connectivity index (χ1n) is 17.8. The Balaban J connectivity index is 2.92. The third-order valence-corrected chi connectivity index (χ3v) is 13.1. The number of alkyl carbamates (subject to hydrolysis) is 1. The van der Waals surface area contributed by atoms with Crippen LogP contribution in [0.5, 0.6) is 0 Å². The van der Waals surface area contributed by atoms with Gasteiger partial charge in [0.05, 0.1) is 32.5 Å². The zero-order chi connectivity index (χ0) is 38.5. The Labute approximate surface area is 304 Å². The fourth-order valence-corrected chi connectivity index (χ4v) is 9.82. The number of benzene rings is 1. The van der Waals surface area contributed by atoms with Crippen LogP contribution in [-0.4, -0.2) is 86.8 Å². The minimum atomic E-state index is -4.14. The first-order chi connectivity index (χ1) is 24.2. The fourth-order valence-electron chi connectivity index (χ4n) is 4.88. The minimum absolute atomic E-state index is 0.0148. The topological polar surface area (TPSA) is 183 Å². The zero-order valence-corrected chi connectivity index (χ0v) is 33.6. The van der Waals surface area contributed by atoms with Gasteiger partial charge in [0.2, 0.25) is 17.3 Å². The molecule has 0 saturated heterocycles. The summed E-state index contributed by atoms with van der Waals surface area (Å²) in [5, 5.41) is 14.4. The maximum atomic E-state index is 13.7. The van der Waals surface area contributed by atoms with Gasteiger partial charge in [0.1, 0.15) is 12.6 Å². The van der Waals surface area contributed by atoms with Crippen molar-refractivity contribution in [1.29, 1.82) is 0 Å². The van der Waals surface area contributed by atoms with Crippen LogP contribution in [0.4, 0.5) is 4.79 Å². The third-order valence-electron chi connectivity index (χ3n) is 7.49. The van der Waals surface area contributed by atoms with Crippen molar-refractivity contribution in [2.24, 2.45) is 16.9 Å². The molecule has 0 fully saturated rings. The average molecular weight is 762 g/mol. The average Bonchev–Trinajstić information content (AvgIpc) is 3.07. The van der Waals surface area contributed by atoms with Crippen LogP contribution in [-0.2, 0) is 48.2 Å². The van der Waals surface area contributed by atoms with Crippen LogP contribution < -0.4 is 16.0 Å². The second-order valence-corrected chi connectivity index (χ2v) is 16.9. The molecule has 3 amide bonds. The van der Waals surface area contributed by atoms with Crippen molar-refractivity contribution in [3.8, 4) is 0 Å². The first kappa shape index (κ1) is 46.2. The fraction of sp³-hybridized carbons (Fsp3) is 0.706. The van der Waals surface area contributed by atoms with E-state index in [0.717, 1.165) is 5.56 Å². The SMILES string of the molecule is CCOP(=O)(OCC)C(NC(=O)CCCN(C)/N=C/[C@H](CC(C)C)NC(=O)[C@@H](NC(=O)OCc1ccccc1)[C@@H](C)CC)P(=O)(OCC)OCC. The molecule has 1 rings (SSSR count). The minimum Gasteiger partial charge on any atom is -0.445 e. The second kappa shape index (κ2) is 24.4. The normalized spacial score (nSPS) is 13.9. The standard InChI is InChI=1S/C34H61N5O10P2/c1-10-27(8)31(38-33(42)45-25-28-19-16-15-17-20-28)32(41)36-29(23-26(6)7)24-35-39(9)22-18-21-30(40)37-34(50(43,46-11-2)47-12-3)51(44,48-13-4)49-14-5/h15-17,19-20,24,26-27,29,31,34H,10-14,18,21-23,25H2,1-9H3,(H,36,41)(H,37,40)(H,38,42)/b35-24+/t27-,29-,31-/m0/s1. The molecule has 1 aromatic rings. The number of ether oxygens (including phenoxy) is 1. The zero-order valence-electron chi connectivity index (χ0n) is 31.8. The molecule has 3 N–H and O–H groups in total. The van der Waals surface area contributed by atoms with E-state index in [9.17, 15) is 23.5 Å². The molecule has 0 bridgehead atoms. The summed E-state index contributed by atoms with van der Waals surface area (Å²) in [4.78, 5) is 39.1.